The minimum atomic E-state index is -0.477. The second-order valence-corrected chi connectivity index (χ2v) is 4.42. The van der Waals surface area contributed by atoms with Crippen molar-refractivity contribution < 1.29 is 18.7 Å². The van der Waals surface area contributed by atoms with Gasteiger partial charge in [-0.25, -0.2) is 4.39 Å². The summed E-state index contributed by atoms with van der Waals surface area (Å²) in [5, 5.41) is 2.70. The summed E-state index contributed by atoms with van der Waals surface area (Å²) >= 11 is 0. The number of benzene rings is 2. The van der Waals surface area contributed by atoms with Crippen molar-refractivity contribution in [2.45, 2.75) is 0 Å². The molecule has 114 valence electrons. The van der Waals surface area contributed by atoms with Crippen molar-refractivity contribution in [1.82, 2.24) is 0 Å². The summed E-state index contributed by atoms with van der Waals surface area (Å²) in [5.41, 5.74) is 1.13. The van der Waals surface area contributed by atoms with E-state index in [1.165, 1.54) is 38.5 Å². The first-order valence-electron chi connectivity index (χ1n) is 6.59. The fraction of sp³-hybridized carbons (Fsp3) is 0.118. The molecule has 5 heteroatoms. The first kappa shape index (κ1) is 15.6. The van der Waals surface area contributed by atoms with E-state index in [1.54, 1.807) is 24.3 Å². The largest absolute Gasteiger partial charge is 0.495 e. The van der Waals surface area contributed by atoms with Crippen molar-refractivity contribution in [1.29, 1.82) is 0 Å². The molecule has 4 nitrogen and oxygen atoms in total. The van der Waals surface area contributed by atoms with Crippen molar-refractivity contribution in [3.05, 3.63) is 59.9 Å². The van der Waals surface area contributed by atoms with E-state index in [2.05, 4.69) is 5.32 Å². The molecule has 0 saturated heterocycles. The molecule has 0 fully saturated rings. The number of methoxy groups -OCH3 is 2. The van der Waals surface area contributed by atoms with Crippen LogP contribution in [0.1, 0.15) is 5.56 Å². The lowest BCUT2D eigenvalue weighted by molar-refractivity contribution is -0.111. The summed E-state index contributed by atoms with van der Waals surface area (Å²) in [6.07, 6.45) is 2.85. The van der Waals surface area contributed by atoms with E-state index in [1.807, 2.05) is 6.07 Å². The first-order valence-corrected chi connectivity index (χ1v) is 6.59. The molecule has 0 atom stereocenters. The minimum absolute atomic E-state index is 0.163. The van der Waals surface area contributed by atoms with Crippen LogP contribution >= 0.6 is 0 Å². The molecule has 2 aromatic rings. The fourth-order valence-corrected chi connectivity index (χ4v) is 1.88. The number of anilines is 1. The number of nitrogens with one attached hydrogen (secondary N) is 1. The van der Waals surface area contributed by atoms with Crippen molar-refractivity contribution in [3.63, 3.8) is 0 Å². The monoisotopic (exact) mass is 301 g/mol. The maximum atomic E-state index is 13.5. The highest BCUT2D eigenvalue weighted by Gasteiger charge is 2.05. The number of rotatable bonds is 5. The Morgan fingerprint density at radius 3 is 2.50 bits per heavy atom. The third kappa shape index (κ3) is 3.85. The number of hydrogen-bond acceptors (Lipinski definition) is 3. The van der Waals surface area contributed by atoms with Gasteiger partial charge in [0.2, 0.25) is 5.91 Å². The zero-order valence-electron chi connectivity index (χ0n) is 12.3. The van der Waals surface area contributed by atoms with Gasteiger partial charge in [0.15, 0.2) is 11.6 Å². The molecule has 0 unspecified atom stereocenters. The third-order valence-corrected chi connectivity index (χ3v) is 2.97. The van der Waals surface area contributed by atoms with Crippen molar-refractivity contribution in [2.75, 3.05) is 19.5 Å². The number of para-hydroxylation sites is 2. The standard InChI is InChI=1S/C17H16FNO3/c1-21-15-9-7-12(11-13(15)18)8-10-17(20)19-14-5-3-4-6-16(14)22-2/h3-11H,1-2H3,(H,19,20). The summed E-state index contributed by atoms with van der Waals surface area (Å²) in [6, 6.07) is 11.6. The second kappa shape index (κ2) is 7.26. The van der Waals surface area contributed by atoms with Gasteiger partial charge in [-0.1, -0.05) is 18.2 Å². The average Bonchev–Trinajstić information content (AvgIpc) is 2.53. The van der Waals surface area contributed by atoms with Gasteiger partial charge in [-0.3, -0.25) is 4.79 Å². The van der Waals surface area contributed by atoms with E-state index in [0.717, 1.165) is 0 Å². The fourth-order valence-electron chi connectivity index (χ4n) is 1.88. The van der Waals surface area contributed by atoms with Gasteiger partial charge < -0.3 is 14.8 Å². The summed E-state index contributed by atoms with van der Waals surface area (Å²) in [7, 11) is 2.93. The number of amides is 1. The Morgan fingerprint density at radius 2 is 1.82 bits per heavy atom. The normalized spacial score (nSPS) is 10.5. The van der Waals surface area contributed by atoms with E-state index in [-0.39, 0.29) is 11.7 Å². The Balaban J connectivity index is 2.07. The van der Waals surface area contributed by atoms with Crippen LogP contribution < -0.4 is 14.8 Å². The number of carbonyl (C=O) groups excluding carboxylic acids is 1. The minimum Gasteiger partial charge on any atom is -0.495 e. The SMILES string of the molecule is COc1ccc(C=CC(=O)Nc2ccccc2OC)cc1F. The highest BCUT2D eigenvalue weighted by molar-refractivity contribution is 6.02. The summed E-state index contributed by atoms with van der Waals surface area (Å²) < 4.78 is 23.5. The predicted molar refractivity (Wildman–Crippen MR) is 83.6 cm³/mol. The lowest BCUT2D eigenvalue weighted by Crippen LogP contribution is -2.08. The van der Waals surface area contributed by atoms with Crippen LogP contribution in [0, 0.1) is 5.82 Å². The van der Waals surface area contributed by atoms with E-state index in [9.17, 15) is 9.18 Å². The van der Waals surface area contributed by atoms with Gasteiger partial charge in [-0.15, -0.1) is 0 Å². The van der Waals surface area contributed by atoms with Gasteiger partial charge in [-0.2, -0.15) is 0 Å². The Morgan fingerprint density at radius 1 is 1.09 bits per heavy atom. The Bertz CT molecular complexity index is 698. The molecule has 0 aliphatic carbocycles. The van der Waals surface area contributed by atoms with Gasteiger partial charge in [0.05, 0.1) is 19.9 Å². The molecule has 1 amide bonds. The zero-order valence-corrected chi connectivity index (χ0v) is 12.3. The van der Waals surface area contributed by atoms with Gasteiger partial charge in [0.1, 0.15) is 5.75 Å². The van der Waals surface area contributed by atoms with Crippen LogP contribution in [-0.4, -0.2) is 20.1 Å². The quantitative estimate of drug-likeness (QED) is 0.860. The smallest absolute Gasteiger partial charge is 0.248 e. The van der Waals surface area contributed by atoms with Gasteiger partial charge >= 0.3 is 0 Å². The van der Waals surface area contributed by atoms with Crippen molar-refractivity contribution in [3.8, 4) is 11.5 Å². The Kier molecular flexibility index (Phi) is 5.14. The maximum absolute atomic E-state index is 13.5. The molecule has 0 heterocycles. The molecule has 22 heavy (non-hydrogen) atoms. The van der Waals surface area contributed by atoms with E-state index >= 15 is 0 Å². The van der Waals surface area contributed by atoms with Crippen LogP contribution in [0.4, 0.5) is 10.1 Å². The van der Waals surface area contributed by atoms with Gasteiger partial charge in [0, 0.05) is 6.08 Å². The molecule has 2 aromatic carbocycles. The van der Waals surface area contributed by atoms with Crippen LogP contribution in [0.25, 0.3) is 6.08 Å². The van der Waals surface area contributed by atoms with Gasteiger partial charge in [-0.05, 0) is 35.9 Å². The van der Waals surface area contributed by atoms with E-state index in [4.69, 9.17) is 9.47 Å². The maximum Gasteiger partial charge on any atom is 0.248 e. The highest BCUT2D eigenvalue weighted by Crippen LogP contribution is 2.23. The van der Waals surface area contributed by atoms with Crippen LogP contribution in [0.3, 0.4) is 0 Å². The number of carbonyl (C=O) groups is 1. The molecular formula is C17H16FNO3. The Hall–Kier alpha value is -2.82. The van der Waals surface area contributed by atoms with Crippen LogP contribution in [0.2, 0.25) is 0 Å². The van der Waals surface area contributed by atoms with Crippen LogP contribution in [0.15, 0.2) is 48.5 Å². The van der Waals surface area contributed by atoms with E-state index < -0.39 is 5.82 Å². The second-order valence-electron chi connectivity index (χ2n) is 4.42. The topological polar surface area (TPSA) is 47.6 Å². The third-order valence-electron chi connectivity index (χ3n) is 2.97. The Labute approximate surface area is 128 Å². The van der Waals surface area contributed by atoms with Crippen LogP contribution in [-0.2, 0) is 4.79 Å². The lowest BCUT2D eigenvalue weighted by Gasteiger charge is -2.07. The van der Waals surface area contributed by atoms with E-state index in [0.29, 0.717) is 17.0 Å². The molecule has 1 N–H and O–H groups in total. The van der Waals surface area contributed by atoms with Crippen molar-refractivity contribution >= 4 is 17.7 Å². The predicted octanol–water partition coefficient (Wildman–Crippen LogP) is 3.49. The molecular weight excluding hydrogens is 285 g/mol. The van der Waals surface area contributed by atoms with Crippen LogP contribution in [0.5, 0.6) is 11.5 Å². The number of hydrogen-bond donors (Lipinski definition) is 1. The molecule has 0 saturated carbocycles. The zero-order chi connectivity index (χ0) is 15.9. The highest BCUT2D eigenvalue weighted by atomic mass is 19.1. The first-order chi connectivity index (χ1) is 10.6. The molecule has 2 rings (SSSR count). The van der Waals surface area contributed by atoms with Gasteiger partial charge in [0.25, 0.3) is 0 Å². The lowest BCUT2D eigenvalue weighted by atomic mass is 10.2. The summed E-state index contributed by atoms with van der Waals surface area (Å²) in [5.74, 6) is -0.0779. The molecule has 0 radical (unpaired) electrons. The molecule has 0 aliphatic rings. The molecule has 0 aliphatic heterocycles. The summed E-state index contributed by atoms with van der Waals surface area (Å²) in [4.78, 5) is 11.9. The molecule has 0 aromatic heterocycles. The number of ether oxygens (including phenoxy) is 2. The van der Waals surface area contributed by atoms with Crippen molar-refractivity contribution in [2.24, 2.45) is 0 Å². The number of halogens is 1. The molecule has 0 spiro atoms. The summed E-state index contributed by atoms with van der Waals surface area (Å²) in [6.45, 7) is 0. The molecule has 0 bridgehead atoms. The average molecular weight is 301 g/mol.